The number of benzene rings is 2. The van der Waals surface area contributed by atoms with Crippen LogP contribution in [0.2, 0.25) is 0 Å². The van der Waals surface area contributed by atoms with Crippen LogP contribution in [0.1, 0.15) is 15.9 Å². The van der Waals surface area contributed by atoms with Crippen LogP contribution in [0.4, 0.5) is 18.9 Å². The molecule has 1 N–H and O–H groups in total. The molecule has 2 aromatic carbocycles. The largest absolute Gasteiger partial charge is 0.416 e. The standard InChI is InChI=1S/C17H17F3N2O/c1-22(15-5-3-2-4-6-15)12-11-21-16(23)13-7-9-14(10-8-13)17(18,19)20/h2-10H,11-12H2,1H3,(H,21,23). The lowest BCUT2D eigenvalue weighted by atomic mass is 10.1. The molecule has 3 nitrogen and oxygen atoms in total. The number of rotatable bonds is 5. The van der Waals surface area contributed by atoms with E-state index in [1.807, 2.05) is 42.3 Å². The number of para-hydroxylation sites is 1. The quantitative estimate of drug-likeness (QED) is 0.913. The van der Waals surface area contributed by atoms with Gasteiger partial charge in [-0.05, 0) is 36.4 Å². The highest BCUT2D eigenvalue weighted by Crippen LogP contribution is 2.29. The number of hydrogen-bond donors (Lipinski definition) is 1. The van der Waals surface area contributed by atoms with Gasteiger partial charge in [-0.1, -0.05) is 18.2 Å². The smallest absolute Gasteiger partial charge is 0.373 e. The van der Waals surface area contributed by atoms with Gasteiger partial charge in [-0.2, -0.15) is 13.2 Å². The second-order valence-electron chi connectivity index (χ2n) is 5.09. The number of likely N-dealkylation sites (N-methyl/N-ethyl adjacent to an activating group) is 1. The van der Waals surface area contributed by atoms with Crippen molar-refractivity contribution in [1.82, 2.24) is 5.32 Å². The van der Waals surface area contributed by atoms with Crippen LogP contribution in [-0.4, -0.2) is 26.0 Å². The number of carbonyl (C=O) groups is 1. The highest BCUT2D eigenvalue weighted by atomic mass is 19.4. The predicted octanol–water partition coefficient (Wildman–Crippen LogP) is 3.57. The van der Waals surface area contributed by atoms with Gasteiger partial charge < -0.3 is 10.2 Å². The fourth-order valence-corrected chi connectivity index (χ4v) is 2.06. The van der Waals surface area contributed by atoms with Crippen molar-refractivity contribution in [2.24, 2.45) is 0 Å². The molecule has 0 aromatic heterocycles. The van der Waals surface area contributed by atoms with Crippen molar-refractivity contribution in [3.05, 3.63) is 65.7 Å². The molecule has 0 fully saturated rings. The number of halogens is 3. The monoisotopic (exact) mass is 322 g/mol. The van der Waals surface area contributed by atoms with Gasteiger partial charge in [0.15, 0.2) is 0 Å². The van der Waals surface area contributed by atoms with Crippen molar-refractivity contribution in [2.45, 2.75) is 6.18 Å². The highest BCUT2D eigenvalue weighted by Gasteiger charge is 2.30. The second kappa shape index (κ2) is 7.17. The lowest BCUT2D eigenvalue weighted by molar-refractivity contribution is -0.137. The predicted molar refractivity (Wildman–Crippen MR) is 83.5 cm³/mol. The Bertz CT molecular complexity index is 639. The van der Waals surface area contributed by atoms with Gasteiger partial charge in [0.2, 0.25) is 0 Å². The molecule has 0 radical (unpaired) electrons. The first-order chi connectivity index (χ1) is 10.9. The molecule has 6 heteroatoms. The molecule has 0 heterocycles. The van der Waals surface area contributed by atoms with Crippen molar-refractivity contribution < 1.29 is 18.0 Å². The Kier molecular flexibility index (Phi) is 5.26. The molecule has 0 aliphatic carbocycles. The van der Waals surface area contributed by atoms with Crippen LogP contribution in [0, 0.1) is 0 Å². The number of nitrogens with zero attached hydrogens (tertiary/aromatic N) is 1. The molecule has 23 heavy (non-hydrogen) atoms. The Morgan fingerprint density at radius 2 is 1.65 bits per heavy atom. The molecule has 0 aliphatic rings. The number of carbonyl (C=O) groups excluding carboxylic acids is 1. The van der Waals surface area contributed by atoms with Gasteiger partial charge >= 0.3 is 6.18 Å². The zero-order valence-electron chi connectivity index (χ0n) is 12.6. The van der Waals surface area contributed by atoms with E-state index in [0.29, 0.717) is 13.1 Å². The van der Waals surface area contributed by atoms with Crippen LogP contribution in [0.5, 0.6) is 0 Å². The number of amides is 1. The molecule has 2 rings (SSSR count). The number of anilines is 1. The highest BCUT2D eigenvalue weighted by molar-refractivity contribution is 5.94. The number of alkyl halides is 3. The first-order valence-electron chi connectivity index (χ1n) is 7.09. The zero-order valence-corrected chi connectivity index (χ0v) is 12.6. The molecule has 0 aliphatic heterocycles. The average molecular weight is 322 g/mol. The van der Waals surface area contributed by atoms with E-state index in [2.05, 4.69) is 5.32 Å². The number of hydrogen-bond acceptors (Lipinski definition) is 2. The minimum absolute atomic E-state index is 0.209. The molecule has 122 valence electrons. The van der Waals surface area contributed by atoms with E-state index >= 15 is 0 Å². The van der Waals surface area contributed by atoms with Crippen molar-refractivity contribution in [3.63, 3.8) is 0 Å². The Balaban J connectivity index is 1.85. The minimum Gasteiger partial charge on any atom is -0.373 e. The molecule has 1 amide bonds. The summed E-state index contributed by atoms with van der Waals surface area (Å²) in [4.78, 5) is 13.9. The van der Waals surface area contributed by atoms with Crippen LogP contribution in [0.3, 0.4) is 0 Å². The van der Waals surface area contributed by atoms with E-state index in [-0.39, 0.29) is 11.5 Å². The summed E-state index contributed by atoms with van der Waals surface area (Å²) in [5.74, 6) is -0.389. The van der Waals surface area contributed by atoms with E-state index in [4.69, 9.17) is 0 Å². The molecule has 2 aromatic rings. The summed E-state index contributed by atoms with van der Waals surface area (Å²) in [5.41, 5.74) is 0.467. The molecule has 0 atom stereocenters. The van der Waals surface area contributed by atoms with E-state index in [0.717, 1.165) is 17.8 Å². The van der Waals surface area contributed by atoms with Crippen molar-refractivity contribution in [2.75, 3.05) is 25.0 Å². The van der Waals surface area contributed by atoms with E-state index in [1.165, 1.54) is 12.1 Å². The van der Waals surface area contributed by atoms with Gasteiger partial charge in [0, 0.05) is 31.4 Å². The third kappa shape index (κ3) is 4.74. The third-order valence-corrected chi connectivity index (χ3v) is 3.40. The van der Waals surface area contributed by atoms with Gasteiger partial charge in [0.25, 0.3) is 5.91 Å². The molecular formula is C17H17F3N2O. The molecule has 0 bridgehead atoms. The van der Waals surface area contributed by atoms with Gasteiger partial charge in [0.1, 0.15) is 0 Å². The number of nitrogens with one attached hydrogen (secondary N) is 1. The third-order valence-electron chi connectivity index (χ3n) is 3.40. The van der Waals surface area contributed by atoms with E-state index in [9.17, 15) is 18.0 Å². The Labute approximate surface area is 132 Å². The van der Waals surface area contributed by atoms with Gasteiger partial charge in [-0.15, -0.1) is 0 Å². The maximum atomic E-state index is 12.5. The fraction of sp³-hybridized carbons (Fsp3) is 0.235. The Hall–Kier alpha value is -2.50. The molecule has 0 spiro atoms. The maximum Gasteiger partial charge on any atom is 0.416 e. The first kappa shape index (κ1) is 16.9. The van der Waals surface area contributed by atoms with Crippen molar-refractivity contribution in [3.8, 4) is 0 Å². The first-order valence-corrected chi connectivity index (χ1v) is 7.09. The van der Waals surface area contributed by atoms with Crippen LogP contribution in [0.25, 0.3) is 0 Å². The van der Waals surface area contributed by atoms with Crippen LogP contribution >= 0.6 is 0 Å². The van der Waals surface area contributed by atoms with Crippen LogP contribution in [0.15, 0.2) is 54.6 Å². The normalized spacial score (nSPS) is 11.1. The van der Waals surface area contributed by atoms with E-state index in [1.54, 1.807) is 0 Å². The molecule has 0 saturated heterocycles. The summed E-state index contributed by atoms with van der Waals surface area (Å²) < 4.78 is 37.4. The summed E-state index contributed by atoms with van der Waals surface area (Å²) in [5, 5.41) is 2.70. The van der Waals surface area contributed by atoms with Crippen LogP contribution in [-0.2, 0) is 6.18 Å². The minimum atomic E-state index is -4.40. The van der Waals surface area contributed by atoms with Crippen molar-refractivity contribution in [1.29, 1.82) is 0 Å². The van der Waals surface area contributed by atoms with Gasteiger partial charge in [0.05, 0.1) is 5.56 Å². The second-order valence-corrected chi connectivity index (χ2v) is 5.09. The Morgan fingerprint density at radius 1 is 1.04 bits per heavy atom. The lowest BCUT2D eigenvalue weighted by Crippen LogP contribution is -2.33. The Morgan fingerprint density at radius 3 is 2.22 bits per heavy atom. The van der Waals surface area contributed by atoms with Crippen LogP contribution < -0.4 is 10.2 Å². The topological polar surface area (TPSA) is 32.3 Å². The molecular weight excluding hydrogens is 305 g/mol. The average Bonchev–Trinajstić information content (AvgIpc) is 2.54. The molecule has 0 saturated carbocycles. The SMILES string of the molecule is CN(CCNC(=O)c1ccc(C(F)(F)F)cc1)c1ccccc1. The summed E-state index contributed by atoms with van der Waals surface area (Å²) in [7, 11) is 1.90. The summed E-state index contributed by atoms with van der Waals surface area (Å²) in [6.07, 6.45) is -4.40. The summed E-state index contributed by atoms with van der Waals surface area (Å²) >= 11 is 0. The fourth-order valence-electron chi connectivity index (χ4n) is 2.06. The van der Waals surface area contributed by atoms with Crippen molar-refractivity contribution >= 4 is 11.6 Å². The lowest BCUT2D eigenvalue weighted by Gasteiger charge is -2.19. The summed E-state index contributed by atoms with van der Waals surface area (Å²) in [6, 6.07) is 13.9. The van der Waals surface area contributed by atoms with Gasteiger partial charge in [-0.25, -0.2) is 0 Å². The van der Waals surface area contributed by atoms with Gasteiger partial charge in [-0.3, -0.25) is 4.79 Å². The maximum absolute atomic E-state index is 12.5. The zero-order chi connectivity index (χ0) is 16.9. The van der Waals surface area contributed by atoms with E-state index < -0.39 is 11.7 Å². The summed E-state index contributed by atoms with van der Waals surface area (Å²) in [6.45, 7) is 0.988. The molecule has 0 unspecified atom stereocenters.